The Morgan fingerprint density at radius 2 is 1.90 bits per heavy atom. The molecule has 0 unspecified atom stereocenters. The van der Waals surface area contributed by atoms with Gasteiger partial charge in [0.2, 0.25) is 5.91 Å². The highest BCUT2D eigenvalue weighted by atomic mass is 35.5. The van der Waals surface area contributed by atoms with Gasteiger partial charge in [0, 0.05) is 13.0 Å². The minimum absolute atomic E-state index is 0.0831. The maximum Gasteiger partial charge on any atom is 0.303 e. The summed E-state index contributed by atoms with van der Waals surface area (Å²) in [6.07, 6.45) is 2.66. The lowest BCUT2D eigenvalue weighted by Gasteiger charge is -2.08. The molecule has 0 fully saturated rings. The van der Waals surface area contributed by atoms with E-state index in [2.05, 4.69) is 5.32 Å². The van der Waals surface area contributed by atoms with Crippen LogP contribution in [0.15, 0.2) is 24.3 Å². The SMILES string of the molecule is O=C(O)CCCCCNC(=O)CCOc1ccccc1Cl. The molecule has 0 radical (unpaired) electrons. The number of aliphatic carboxylic acids is 1. The van der Waals surface area contributed by atoms with E-state index in [9.17, 15) is 9.59 Å². The minimum Gasteiger partial charge on any atom is -0.491 e. The number of benzene rings is 1. The summed E-state index contributed by atoms with van der Waals surface area (Å²) in [6.45, 7) is 0.832. The summed E-state index contributed by atoms with van der Waals surface area (Å²) < 4.78 is 5.42. The van der Waals surface area contributed by atoms with Gasteiger partial charge in [-0.3, -0.25) is 9.59 Å². The Kier molecular flexibility index (Phi) is 8.28. The van der Waals surface area contributed by atoms with Gasteiger partial charge in [0.15, 0.2) is 0 Å². The highest BCUT2D eigenvalue weighted by Gasteiger charge is 2.04. The Morgan fingerprint density at radius 3 is 2.62 bits per heavy atom. The summed E-state index contributed by atoms with van der Waals surface area (Å²) in [4.78, 5) is 21.8. The topological polar surface area (TPSA) is 75.6 Å². The normalized spacial score (nSPS) is 10.1. The van der Waals surface area contributed by atoms with Crippen LogP contribution in [0.3, 0.4) is 0 Å². The van der Waals surface area contributed by atoms with Gasteiger partial charge in [-0.15, -0.1) is 0 Å². The molecule has 1 aromatic carbocycles. The number of rotatable bonds is 10. The van der Waals surface area contributed by atoms with Gasteiger partial charge in [-0.1, -0.05) is 30.2 Å². The van der Waals surface area contributed by atoms with Crippen LogP contribution in [0.1, 0.15) is 32.1 Å². The molecule has 5 nitrogen and oxygen atoms in total. The lowest BCUT2D eigenvalue weighted by Crippen LogP contribution is -2.25. The molecule has 21 heavy (non-hydrogen) atoms. The third kappa shape index (κ3) is 8.19. The standard InChI is InChI=1S/C15H20ClNO4/c16-12-6-3-4-7-13(12)21-11-9-14(18)17-10-5-1-2-8-15(19)20/h3-4,6-7H,1-2,5,8-11H2,(H,17,18)(H,19,20). The molecular formula is C15H20ClNO4. The maximum absolute atomic E-state index is 11.5. The van der Waals surface area contributed by atoms with Crippen LogP contribution in [0.4, 0.5) is 0 Å². The molecule has 2 N–H and O–H groups in total. The van der Waals surface area contributed by atoms with Crippen molar-refractivity contribution in [3.63, 3.8) is 0 Å². The highest BCUT2D eigenvalue weighted by molar-refractivity contribution is 6.32. The first-order valence-electron chi connectivity index (χ1n) is 6.95. The average molecular weight is 314 g/mol. The van der Waals surface area contributed by atoms with E-state index in [4.69, 9.17) is 21.4 Å². The van der Waals surface area contributed by atoms with Crippen LogP contribution in [0, 0.1) is 0 Å². The van der Waals surface area contributed by atoms with Crippen LogP contribution in [0.2, 0.25) is 5.02 Å². The molecule has 0 aliphatic heterocycles. The van der Waals surface area contributed by atoms with E-state index in [1.807, 2.05) is 12.1 Å². The molecule has 1 rings (SSSR count). The Labute approximate surface area is 129 Å². The van der Waals surface area contributed by atoms with Crippen LogP contribution < -0.4 is 10.1 Å². The monoisotopic (exact) mass is 313 g/mol. The molecule has 1 amide bonds. The number of para-hydroxylation sites is 1. The van der Waals surface area contributed by atoms with Gasteiger partial charge >= 0.3 is 5.97 Å². The number of carboxylic acid groups (broad SMARTS) is 1. The molecule has 0 saturated carbocycles. The fraction of sp³-hybridized carbons (Fsp3) is 0.467. The number of amides is 1. The van der Waals surface area contributed by atoms with Crippen LogP contribution in [0.5, 0.6) is 5.75 Å². The van der Waals surface area contributed by atoms with Crippen LogP contribution in [-0.2, 0) is 9.59 Å². The predicted molar refractivity (Wildman–Crippen MR) is 80.7 cm³/mol. The van der Waals surface area contributed by atoms with Crippen molar-refractivity contribution < 1.29 is 19.4 Å². The van der Waals surface area contributed by atoms with Crippen LogP contribution in [0.25, 0.3) is 0 Å². The number of carboxylic acids is 1. The molecule has 0 saturated heterocycles. The maximum atomic E-state index is 11.5. The van der Waals surface area contributed by atoms with E-state index in [1.165, 1.54) is 0 Å². The van der Waals surface area contributed by atoms with E-state index < -0.39 is 5.97 Å². The van der Waals surface area contributed by atoms with Gasteiger partial charge in [-0.25, -0.2) is 0 Å². The summed E-state index contributed by atoms with van der Waals surface area (Å²) >= 11 is 5.93. The van der Waals surface area contributed by atoms with Gasteiger partial charge in [-0.05, 0) is 25.0 Å². The number of halogens is 1. The third-order valence-corrected chi connectivity index (χ3v) is 3.13. The van der Waals surface area contributed by atoms with Crippen molar-refractivity contribution in [2.24, 2.45) is 0 Å². The molecule has 1 aromatic rings. The molecule has 0 atom stereocenters. The van der Waals surface area contributed by atoms with Crippen molar-refractivity contribution >= 4 is 23.5 Å². The van der Waals surface area contributed by atoms with Gasteiger partial charge in [0.05, 0.1) is 18.1 Å². The second-order valence-corrected chi connectivity index (χ2v) is 4.99. The van der Waals surface area contributed by atoms with Crippen molar-refractivity contribution in [1.29, 1.82) is 0 Å². The van der Waals surface area contributed by atoms with E-state index in [1.54, 1.807) is 12.1 Å². The molecule has 0 aromatic heterocycles. The number of carbonyl (C=O) groups is 2. The summed E-state index contributed by atoms with van der Waals surface area (Å²) in [7, 11) is 0. The van der Waals surface area contributed by atoms with E-state index in [0.29, 0.717) is 23.7 Å². The van der Waals surface area contributed by atoms with E-state index in [0.717, 1.165) is 12.8 Å². The smallest absolute Gasteiger partial charge is 0.303 e. The summed E-state index contributed by atoms with van der Waals surface area (Å²) in [5, 5.41) is 11.8. The highest BCUT2D eigenvalue weighted by Crippen LogP contribution is 2.22. The molecule has 0 aliphatic rings. The largest absolute Gasteiger partial charge is 0.491 e. The molecule has 116 valence electrons. The van der Waals surface area contributed by atoms with Gasteiger partial charge in [0.1, 0.15) is 5.75 Å². The van der Waals surface area contributed by atoms with Crippen LogP contribution >= 0.6 is 11.6 Å². The molecule has 0 bridgehead atoms. The third-order valence-electron chi connectivity index (χ3n) is 2.81. The number of nitrogens with one attached hydrogen (secondary N) is 1. The van der Waals surface area contributed by atoms with Gasteiger partial charge < -0.3 is 15.2 Å². The van der Waals surface area contributed by atoms with E-state index in [-0.39, 0.29) is 25.4 Å². The summed E-state index contributed by atoms with van der Waals surface area (Å²) in [5.41, 5.74) is 0. The zero-order valence-electron chi connectivity index (χ0n) is 11.8. The first kappa shape index (κ1) is 17.3. The van der Waals surface area contributed by atoms with Gasteiger partial charge in [0.25, 0.3) is 0 Å². The molecule has 0 aliphatic carbocycles. The second kappa shape index (κ2) is 10.0. The number of hydrogen-bond acceptors (Lipinski definition) is 3. The molecule has 6 heteroatoms. The zero-order chi connectivity index (χ0) is 15.5. The summed E-state index contributed by atoms with van der Waals surface area (Å²) in [5.74, 6) is -0.295. The lowest BCUT2D eigenvalue weighted by molar-refractivity contribution is -0.137. The Hall–Kier alpha value is -1.75. The number of ether oxygens (including phenoxy) is 1. The van der Waals surface area contributed by atoms with Crippen molar-refractivity contribution in [3.8, 4) is 5.75 Å². The number of hydrogen-bond donors (Lipinski definition) is 2. The fourth-order valence-corrected chi connectivity index (χ4v) is 1.90. The molecular weight excluding hydrogens is 294 g/mol. The lowest BCUT2D eigenvalue weighted by atomic mass is 10.2. The molecule has 0 spiro atoms. The summed E-state index contributed by atoms with van der Waals surface area (Å²) in [6, 6.07) is 7.11. The van der Waals surface area contributed by atoms with Crippen LogP contribution in [-0.4, -0.2) is 30.1 Å². The zero-order valence-corrected chi connectivity index (χ0v) is 12.6. The van der Waals surface area contributed by atoms with Crippen molar-refractivity contribution in [2.75, 3.05) is 13.2 Å². The first-order chi connectivity index (χ1) is 10.1. The van der Waals surface area contributed by atoms with Crippen molar-refractivity contribution in [1.82, 2.24) is 5.32 Å². The quantitative estimate of drug-likeness (QED) is 0.651. The minimum atomic E-state index is -0.782. The number of unbranched alkanes of at least 4 members (excludes halogenated alkanes) is 2. The van der Waals surface area contributed by atoms with Gasteiger partial charge in [-0.2, -0.15) is 0 Å². The number of carbonyl (C=O) groups excluding carboxylic acids is 1. The van der Waals surface area contributed by atoms with Crippen molar-refractivity contribution in [2.45, 2.75) is 32.1 Å². The van der Waals surface area contributed by atoms with Crippen molar-refractivity contribution in [3.05, 3.63) is 29.3 Å². The average Bonchev–Trinajstić information content (AvgIpc) is 2.44. The fourth-order valence-electron chi connectivity index (χ4n) is 1.71. The Bertz CT molecular complexity index is 465. The molecule has 0 heterocycles. The Morgan fingerprint density at radius 1 is 1.14 bits per heavy atom. The predicted octanol–water partition coefficient (Wildman–Crippen LogP) is 2.87. The first-order valence-corrected chi connectivity index (χ1v) is 7.33. The second-order valence-electron chi connectivity index (χ2n) is 4.58. The van der Waals surface area contributed by atoms with E-state index >= 15 is 0 Å². The Balaban J connectivity index is 2.04.